The summed E-state index contributed by atoms with van der Waals surface area (Å²) in [6, 6.07) is 5.38. The molecule has 0 atom stereocenters. The van der Waals surface area contributed by atoms with Crippen LogP contribution in [0.25, 0.3) is 0 Å². The van der Waals surface area contributed by atoms with Gasteiger partial charge >= 0.3 is 5.97 Å². The molecule has 0 spiro atoms. The zero-order valence-corrected chi connectivity index (χ0v) is 12.1. The van der Waals surface area contributed by atoms with Crippen molar-refractivity contribution >= 4 is 17.7 Å². The van der Waals surface area contributed by atoms with Crippen LogP contribution in [0, 0.1) is 0 Å². The van der Waals surface area contributed by atoms with Crippen LogP contribution in [0.4, 0.5) is 5.82 Å². The first-order valence-corrected chi connectivity index (χ1v) is 7.38. The number of nitrogens with one attached hydrogen (secondary N) is 2. The largest absolute Gasteiger partial charge is 0.451 e. The summed E-state index contributed by atoms with van der Waals surface area (Å²) in [4.78, 5) is 26.3. The lowest BCUT2D eigenvalue weighted by Gasteiger charge is -2.14. The van der Waals surface area contributed by atoms with Crippen LogP contribution in [0.3, 0.4) is 0 Å². The van der Waals surface area contributed by atoms with Gasteiger partial charge in [0.15, 0.2) is 6.61 Å². The lowest BCUT2D eigenvalue weighted by Crippen LogP contribution is -2.23. The second kappa shape index (κ2) is 6.46. The summed E-state index contributed by atoms with van der Waals surface area (Å²) in [5.41, 5.74) is 0.323. The molecule has 0 bridgehead atoms. The smallest absolute Gasteiger partial charge is 0.355 e. The van der Waals surface area contributed by atoms with E-state index in [4.69, 9.17) is 4.74 Å². The van der Waals surface area contributed by atoms with Crippen molar-refractivity contribution < 1.29 is 14.3 Å². The van der Waals surface area contributed by atoms with Gasteiger partial charge in [-0.2, -0.15) is 5.10 Å². The van der Waals surface area contributed by atoms with Crippen molar-refractivity contribution in [2.75, 3.05) is 11.9 Å². The first kappa shape index (κ1) is 14.4. The van der Waals surface area contributed by atoms with Crippen LogP contribution >= 0.6 is 0 Å². The number of H-pyrrole nitrogens is 1. The van der Waals surface area contributed by atoms with Gasteiger partial charge in [0.05, 0.1) is 12.2 Å². The van der Waals surface area contributed by atoms with Crippen molar-refractivity contribution in [3.05, 3.63) is 36.3 Å². The maximum Gasteiger partial charge on any atom is 0.355 e. The molecule has 1 aliphatic rings. The molecule has 2 heterocycles. The Bertz CT molecular complexity index is 642. The Labute approximate surface area is 127 Å². The van der Waals surface area contributed by atoms with Gasteiger partial charge in [0.2, 0.25) is 0 Å². The van der Waals surface area contributed by atoms with Gasteiger partial charge in [0, 0.05) is 12.3 Å². The van der Waals surface area contributed by atoms with E-state index in [-0.39, 0.29) is 12.5 Å². The molecule has 2 aromatic heterocycles. The fraction of sp³-hybridized carbons (Fsp3) is 0.400. The first-order chi connectivity index (χ1) is 10.7. The summed E-state index contributed by atoms with van der Waals surface area (Å²) >= 11 is 0. The molecule has 2 aromatic rings. The van der Waals surface area contributed by atoms with E-state index < -0.39 is 5.97 Å². The Balaban J connectivity index is 1.54. The Morgan fingerprint density at radius 2 is 2.18 bits per heavy atom. The lowest BCUT2D eigenvalue weighted by molar-refractivity contribution is -0.119. The third-order valence-corrected chi connectivity index (χ3v) is 3.76. The standard InChI is InChI=1S/C15H18N4O3/c20-14(10-22-15(21)12-6-3-8-16-12)18-13-7-9-17-19(13)11-4-1-2-5-11/h3,6-9,11,16H,1-2,4-5,10H2,(H,18,20). The van der Waals surface area contributed by atoms with Gasteiger partial charge in [-0.3, -0.25) is 4.79 Å². The number of nitrogens with zero attached hydrogens (tertiary/aromatic N) is 2. The molecule has 0 aliphatic heterocycles. The van der Waals surface area contributed by atoms with Crippen molar-refractivity contribution in [1.29, 1.82) is 0 Å². The Kier molecular flexibility index (Phi) is 4.22. The second-order valence-corrected chi connectivity index (χ2v) is 5.31. The molecule has 0 saturated heterocycles. The van der Waals surface area contributed by atoms with E-state index in [1.165, 1.54) is 12.8 Å². The van der Waals surface area contributed by atoms with Crippen LogP contribution in [0.15, 0.2) is 30.6 Å². The summed E-state index contributed by atoms with van der Waals surface area (Å²) in [6.07, 6.45) is 7.81. The van der Waals surface area contributed by atoms with E-state index in [1.807, 2.05) is 4.68 Å². The van der Waals surface area contributed by atoms with E-state index in [0.29, 0.717) is 17.6 Å². The molecule has 7 heteroatoms. The fourth-order valence-corrected chi connectivity index (χ4v) is 2.70. The average Bonchev–Trinajstić information content (AvgIpc) is 3.24. The maximum absolute atomic E-state index is 11.9. The van der Waals surface area contributed by atoms with Gasteiger partial charge < -0.3 is 15.0 Å². The zero-order chi connectivity index (χ0) is 15.4. The third-order valence-electron chi connectivity index (χ3n) is 3.76. The highest BCUT2D eigenvalue weighted by atomic mass is 16.5. The van der Waals surface area contributed by atoms with Crippen LogP contribution in [-0.4, -0.2) is 33.2 Å². The topological polar surface area (TPSA) is 89.0 Å². The van der Waals surface area contributed by atoms with Crippen LogP contribution in [0.2, 0.25) is 0 Å². The minimum absolute atomic E-state index is 0.323. The molecule has 116 valence electrons. The number of carbonyl (C=O) groups is 2. The highest BCUT2D eigenvalue weighted by Crippen LogP contribution is 2.31. The van der Waals surface area contributed by atoms with Gasteiger partial charge in [-0.1, -0.05) is 12.8 Å². The van der Waals surface area contributed by atoms with Crippen LogP contribution < -0.4 is 5.32 Å². The van der Waals surface area contributed by atoms with E-state index in [9.17, 15) is 9.59 Å². The SMILES string of the molecule is O=C(COC(=O)c1ccc[nH]1)Nc1ccnn1C1CCCC1. The van der Waals surface area contributed by atoms with Crippen molar-refractivity contribution in [3.8, 4) is 0 Å². The highest BCUT2D eigenvalue weighted by molar-refractivity contribution is 5.94. The quantitative estimate of drug-likeness (QED) is 0.828. The average molecular weight is 302 g/mol. The van der Waals surface area contributed by atoms with E-state index in [1.54, 1.807) is 30.6 Å². The minimum atomic E-state index is -0.551. The fourth-order valence-electron chi connectivity index (χ4n) is 2.70. The molecule has 0 aromatic carbocycles. The van der Waals surface area contributed by atoms with Crippen molar-refractivity contribution in [2.45, 2.75) is 31.7 Å². The summed E-state index contributed by atoms with van der Waals surface area (Å²) in [5, 5.41) is 7.02. The molecule has 7 nitrogen and oxygen atoms in total. The van der Waals surface area contributed by atoms with E-state index in [2.05, 4.69) is 15.4 Å². The summed E-state index contributed by atoms with van der Waals surface area (Å²) in [7, 11) is 0. The van der Waals surface area contributed by atoms with Gasteiger partial charge in [-0.05, 0) is 25.0 Å². The monoisotopic (exact) mass is 302 g/mol. The van der Waals surface area contributed by atoms with Gasteiger partial charge in [-0.25, -0.2) is 9.48 Å². The highest BCUT2D eigenvalue weighted by Gasteiger charge is 2.20. The number of hydrogen-bond donors (Lipinski definition) is 2. The molecule has 3 rings (SSSR count). The normalized spacial score (nSPS) is 14.9. The van der Waals surface area contributed by atoms with Crippen molar-refractivity contribution in [1.82, 2.24) is 14.8 Å². The number of esters is 1. The molecule has 1 saturated carbocycles. The predicted molar refractivity (Wildman–Crippen MR) is 79.4 cm³/mol. The third kappa shape index (κ3) is 3.19. The molecule has 22 heavy (non-hydrogen) atoms. The number of amides is 1. The molecule has 1 amide bonds. The number of carbonyl (C=O) groups excluding carboxylic acids is 2. The molecule has 1 fully saturated rings. The van der Waals surface area contributed by atoms with E-state index >= 15 is 0 Å². The Morgan fingerprint density at radius 1 is 1.36 bits per heavy atom. The van der Waals surface area contributed by atoms with Crippen LogP contribution in [0.1, 0.15) is 42.2 Å². The van der Waals surface area contributed by atoms with Crippen molar-refractivity contribution in [3.63, 3.8) is 0 Å². The second-order valence-electron chi connectivity index (χ2n) is 5.31. The lowest BCUT2D eigenvalue weighted by atomic mass is 10.2. The molecule has 1 aliphatic carbocycles. The molecular weight excluding hydrogens is 284 g/mol. The number of aromatic nitrogens is 3. The maximum atomic E-state index is 11.9. The molecule has 2 N–H and O–H groups in total. The van der Waals surface area contributed by atoms with Crippen LogP contribution in [0.5, 0.6) is 0 Å². The number of hydrogen-bond acceptors (Lipinski definition) is 4. The van der Waals surface area contributed by atoms with Crippen molar-refractivity contribution in [2.24, 2.45) is 0 Å². The number of ether oxygens (including phenoxy) is 1. The molecular formula is C15H18N4O3. The Hall–Kier alpha value is -2.57. The summed E-state index contributed by atoms with van der Waals surface area (Å²) < 4.78 is 6.80. The van der Waals surface area contributed by atoms with Gasteiger partial charge in [0.1, 0.15) is 11.5 Å². The first-order valence-electron chi connectivity index (χ1n) is 7.38. The number of anilines is 1. The number of rotatable bonds is 5. The predicted octanol–water partition coefficient (Wildman–Crippen LogP) is 2.12. The summed E-state index contributed by atoms with van der Waals surface area (Å²) in [5.74, 6) is -0.281. The van der Waals surface area contributed by atoms with Crippen LogP contribution in [-0.2, 0) is 9.53 Å². The van der Waals surface area contributed by atoms with E-state index in [0.717, 1.165) is 12.8 Å². The Morgan fingerprint density at radius 3 is 2.91 bits per heavy atom. The zero-order valence-electron chi connectivity index (χ0n) is 12.1. The number of aromatic amines is 1. The minimum Gasteiger partial charge on any atom is -0.451 e. The van der Waals surface area contributed by atoms with Gasteiger partial charge in [0.25, 0.3) is 5.91 Å². The summed E-state index contributed by atoms with van der Waals surface area (Å²) in [6.45, 7) is -0.326. The molecule has 0 unspecified atom stereocenters. The van der Waals surface area contributed by atoms with Gasteiger partial charge in [-0.15, -0.1) is 0 Å². The molecule has 0 radical (unpaired) electrons.